The van der Waals surface area contributed by atoms with Gasteiger partial charge in [0.15, 0.2) is 0 Å². The summed E-state index contributed by atoms with van der Waals surface area (Å²) < 4.78 is 67.9. The fraction of sp³-hybridized carbons (Fsp3) is 0.375. The number of nitrogens with one attached hydrogen (secondary N) is 1. The topological polar surface area (TPSA) is 77.4 Å². The number of fused-ring (bicyclic) bond motifs is 1. The summed E-state index contributed by atoms with van der Waals surface area (Å²) in [4.78, 5) is 13.2. The van der Waals surface area contributed by atoms with E-state index in [0.29, 0.717) is 42.5 Å². The standard InChI is InChI=1S/C24H23F3N2O4S/c1-34(31,32)33-15-22-12-23(13-22,14-22)28-21(30)19-4-2-3-17-9-10-29(20(17)19)11-16-5-7-18(8-6-16)24(25,26)27/h2-10H,11-15H2,1H3,(H,28,30). The van der Waals surface area contributed by atoms with Crippen LogP contribution < -0.4 is 5.32 Å². The van der Waals surface area contributed by atoms with E-state index in [4.69, 9.17) is 4.18 Å². The monoisotopic (exact) mass is 492 g/mol. The van der Waals surface area contributed by atoms with Crippen LogP contribution in [0.5, 0.6) is 0 Å². The second-order valence-electron chi connectivity index (χ2n) is 9.61. The molecule has 3 aliphatic rings. The van der Waals surface area contributed by atoms with E-state index in [-0.39, 0.29) is 23.5 Å². The molecule has 3 fully saturated rings. The van der Waals surface area contributed by atoms with Gasteiger partial charge in [-0.05, 0) is 49.1 Å². The Hall–Kier alpha value is -2.85. The number of aromatic nitrogens is 1. The molecule has 6 nitrogen and oxygen atoms in total. The Morgan fingerprint density at radius 1 is 1.09 bits per heavy atom. The molecule has 1 N–H and O–H groups in total. The lowest BCUT2D eigenvalue weighted by Gasteiger charge is -2.70. The van der Waals surface area contributed by atoms with Crippen molar-refractivity contribution in [2.45, 2.75) is 37.5 Å². The van der Waals surface area contributed by atoms with E-state index in [2.05, 4.69) is 5.32 Å². The zero-order chi connectivity index (χ0) is 24.4. The van der Waals surface area contributed by atoms with Crippen molar-refractivity contribution in [1.82, 2.24) is 9.88 Å². The summed E-state index contributed by atoms with van der Waals surface area (Å²) in [5.41, 5.74) is 0.651. The Balaban J connectivity index is 1.31. The highest BCUT2D eigenvalue weighted by molar-refractivity contribution is 7.85. The fourth-order valence-corrected chi connectivity index (χ4v) is 5.86. The number of amides is 1. The minimum Gasteiger partial charge on any atom is -0.346 e. The maximum absolute atomic E-state index is 13.2. The molecule has 10 heteroatoms. The Bertz CT molecular complexity index is 1360. The lowest BCUT2D eigenvalue weighted by atomic mass is 9.39. The van der Waals surface area contributed by atoms with Crippen LogP contribution in [0, 0.1) is 5.41 Å². The molecular formula is C24H23F3N2O4S. The molecule has 3 aliphatic carbocycles. The van der Waals surface area contributed by atoms with Crippen molar-refractivity contribution >= 4 is 26.9 Å². The predicted molar refractivity (Wildman–Crippen MR) is 120 cm³/mol. The molecule has 2 aromatic carbocycles. The number of para-hydroxylation sites is 1. The first-order valence-corrected chi connectivity index (χ1v) is 12.6. The number of hydrogen-bond donors (Lipinski definition) is 1. The molecule has 0 atom stereocenters. The third-order valence-electron chi connectivity index (χ3n) is 6.77. The summed E-state index contributed by atoms with van der Waals surface area (Å²) in [6, 6.07) is 12.3. The molecule has 1 aromatic heterocycles. The SMILES string of the molecule is CS(=O)(=O)OCC12CC(NC(=O)c3cccc4ccn(Cc5ccc(C(F)(F)F)cc5)c34)(C1)C2. The summed E-state index contributed by atoms with van der Waals surface area (Å²) in [6.07, 6.45) is 0.465. The second kappa shape index (κ2) is 7.58. The molecule has 0 unspecified atom stereocenters. The van der Waals surface area contributed by atoms with Crippen LogP contribution >= 0.6 is 0 Å². The van der Waals surface area contributed by atoms with Crippen LogP contribution in [0.4, 0.5) is 13.2 Å². The van der Waals surface area contributed by atoms with Gasteiger partial charge in [0.25, 0.3) is 16.0 Å². The highest BCUT2D eigenvalue weighted by Gasteiger charge is 2.68. The average molecular weight is 493 g/mol. The van der Waals surface area contributed by atoms with Gasteiger partial charge in [-0.3, -0.25) is 8.98 Å². The van der Waals surface area contributed by atoms with Gasteiger partial charge in [-0.2, -0.15) is 21.6 Å². The van der Waals surface area contributed by atoms with Crippen molar-refractivity contribution in [3.63, 3.8) is 0 Å². The van der Waals surface area contributed by atoms with E-state index in [1.54, 1.807) is 12.1 Å². The molecule has 0 radical (unpaired) electrons. The van der Waals surface area contributed by atoms with Crippen LogP contribution in [-0.2, 0) is 27.0 Å². The van der Waals surface area contributed by atoms with E-state index in [1.807, 2.05) is 22.9 Å². The van der Waals surface area contributed by atoms with Gasteiger partial charge in [0.1, 0.15) is 0 Å². The first-order valence-electron chi connectivity index (χ1n) is 10.8. The van der Waals surface area contributed by atoms with Gasteiger partial charge < -0.3 is 9.88 Å². The summed E-state index contributed by atoms with van der Waals surface area (Å²) >= 11 is 0. The van der Waals surface area contributed by atoms with Crippen LogP contribution in [0.3, 0.4) is 0 Å². The van der Waals surface area contributed by atoms with Crippen molar-refractivity contribution in [3.05, 3.63) is 71.4 Å². The number of alkyl halides is 3. The number of halogens is 3. The average Bonchev–Trinajstić information content (AvgIpc) is 3.10. The smallest absolute Gasteiger partial charge is 0.346 e. The maximum atomic E-state index is 13.2. The predicted octanol–water partition coefficient (Wildman–Crippen LogP) is 4.34. The molecule has 0 saturated heterocycles. The number of hydrogen-bond acceptors (Lipinski definition) is 4. The third-order valence-corrected chi connectivity index (χ3v) is 7.31. The summed E-state index contributed by atoms with van der Waals surface area (Å²) in [6.45, 7) is 0.456. The van der Waals surface area contributed by atoms with E-state index < -0.39 is 21.9 Å². The van der Waals surface area contributed by atoms with Crippen LogP contribution in [-0.4, -0.2) is 37.3 Å². The lowest BCUT2D eigenvalue weighted by molar-refractivity contribution is -0.166. The molecule has 6 rings (SSSR count). The summed E-state index contributed by atoms with van der Waals surface area (Å²) in [7, 11) is -3.50. The molecule has 1 amide bonds. The number of rotatable bonds is 7. The largest absolute Gasteiger partial charge is 0.416 e. The minimum absolute atomic E-state index is 0.134. The third kappa shape index (κ3) is 4.20. The van der Waals surface area contributed by atoms with Crippen LogP contribution in [0.25, 0.3) is 10.9 Å². The number of benzene rings is 2. The molecule has 0 aliphatic heterocycles. The van der Waals surface area contributed by atoms with Crippen LogP contribution in [0.1, 0.15) is 40.7 Å². The van der Waals surface area contributed by atoms with Gasteiger partial charge in [-0.25, -0.2) is 0 Å². The Labute approximate surface area is 194 Å². The normalized spacial score (nSPS) is 23.9. The molecule has 1 heterocycles. The number of nitrogens with zero attached hydrogens (tertiary/aromatic N) is 1. The first kappa shape index (κ1) is 22.9. The van der Waals surface area contributed by atoms with Crippen LogP contribution in [0.2, 0.25) is 0 Å². The number of carbonyl (C=O) groups excluding carboxylic acids is 1. The summed E-state index contributed by atoms with van der Waals surface area (Å²) in [5.74, 6) is -0.227. The zero-order valence-electron chi connectivity index (χ0n) is 18.4. The van der Waals surface area contributed by atoms with Gasteiger partial charge in [-0.15, -0.1) is 0 Å². The van der Waals surface area contributed by atoms with Gasteiger partial charge in [-0.1, -0.05) is 24.3 Å². The lowest BCUT2D eigenvalue weighted by Crippen LogP contribution is -2.76. The minimum atomic E-state index is -4.39. The molecule has 180 valence electrons. The van der Waals surface area contributed by atoms with Crippen molar-refractivity contribution in [2.75, 3.05) is 12.9 Å². The van der Waals surface area contributed by atoms with Crippen molar-refractivity contribution in [3.8, 4) is 0 Å². The highest BCUT2D eigenvalue weighted by atomic mass is 32.2. The molecule has 2 bridgehead atoms. The molecule has 3 saturated carbocycles. The van der Waals surface area contributed by atoms with E-state index in [0.717, 1.165) is 23.8 Å². The quantitative estimate of drug-likeness (QED) is 0.498. The van der Waals surface area contributed by atoms with Gasteiger partial charge in [0.2, 0.25) is 0 Å². The Morgan fingerprint density at radius 2 is 1.76 bits per heavy atom. The number of carbonyl (C=O) groups is 1. The zero-order valence-corrected chi connectivity index (χ0v) is 19.2. The van der Waals surface area contributed by atoms with Crippen molar-refractivity contribution < 1.29 is 30.6 Å². The Kier molecular flexibility index (Phi) is 5.11. The maximum Gasteiger partial charge on any atom is 0.416 e. The van der Waals surface area contributed by atoms with E-state index in [1.165, 1.54) is 12.1 Å². The van der Waals surface area contributed by atoms with Gasteiger partial charge in [0, 0.05) is 29.1 Å². The fourth-order valence-electron chi connectivity index (χ4n) is 5.40. The van der Waals surface area contributed by atoms with E-state index >= 15 is 0 Å². The Morgan fingerprint density at radius 3 is 2.38 bits per heavy atom. The van der Waals surface area contributed by atoms with Crippen LogP contribution in [0.15, 0.2) is 54.7 Å². The molecule has 3 aromatic rings. The van der Waals surface area contributed by atoms with Gasteiger partial charge >= 0.3 is 6.18 Å². The second-order valence-corrected chi connectivity index (χ2v) is 11.3. The molecule has 0 spiro atoms. The summed E-state index contributed by atoms with van der Waals surface area (Å²) in [5, 5.41) is 3.97. The first-order chi connectivity index (χ1) is 15.9. The van der Waals surface area contributed by atoms with Crippen molar-refractivity contribution in [2.24, 2.45) is 5.41 Å². The van der Waals surface area contributed by atoms with E-state index in [9.17, 15) is 26.4 Å². The van der Waals surface area contributed by atoms with Gasteiger partial charge in [0.05, 0.1) is 29.5 Å². The molecule has 34 heavy (non-hydrogen) atoms. The highest BCUT2D eigenvalue weighted by Crippen LogP contribution is 2.67. The molecular weight excluding hydrogens is 469 g/mol. The van der Waals surface area contributed by atoms with Crippen molar-refractivity contribution in [1.29, 1.82) is 0 Å².